The number of benzene rings is 1. The molecular weight excluding hydrogens is 306 g/mol. The number of hydrogen-bond acceptors (Lipinski definition) is 2. The second-order valence-corrected chi connectivity index (χ2v) is 4.69. The molecular formula is C12H6F6OS. The van der Waals surface area contributed by atoms with Crippen LogP contribution in [0, 0.1) is 0 Å². The summed E-state index contributed by atoms with van der Waals surface area (Å²) in [5.41, 5.74) is -2.81. The van der Waals surface area contributed by atoms with Crippen LogP contribution < -0.4 is 4.74 Å². The number of rotatable bonds is 2. The summed E-state index contributed by atoms with van der Waals surface area (Å²) in [6, 6.07) is 4.14. The summed E-state index contributed by atoms with van der Waals surface area (Å²) in [7, 11) is 0. The molecule has 0 amide bonds. The van der Waals surface area contributed by atoms with Crippen molar-refractivity contribution in [3.05, 3.63) is 46.8 Å². The van der Waals surface area contributed by atoms with Crippen LogP contribution in [0.15, 0.2) is 35.7 Å². The van der Waals surface area contributed by atoms with Crippen LogP contribution in [-0.4, -0.2) is 0 Å². The molecule has 108 valence electrons. The lowest BCUT2D eigenvalue weighted by Crippen LogP contribution is -2.10. The Balaban J connectivity index is 2.46. The molecule has 1 aromatic carbocycles. The van der Waals surface area contributed by atoms with E-state index in [1.165, 1.54) is 6.07 Å². The molecule has 0 aliphatic rings. The Labute approximate surface area is 113 Å². The highest BCUT2D eigenvalue weighted by atomic mass is 32.1. The van der Waals surface area contributed by atoms with Gasteiger partial charge in [0.25, 0.3) is 0 Å². The maximum Gasteiger partial charge on any atom is 0.416 e. The molecule has 0 N–H and O–H groups in total. The van der Waals surface area contributed by atoms with Crippen LogP contribution in [0.25, 0.3) is 0 Å². The number of alkyl halides is 6. The first-order valence-corrected chi connectivity index (χ1v) is 6.05. The lowest BCUT2D eigenvalue weighted by molar-refractivity contribution is -0.143. The summed E-state index contributed by atoms with van der Waals surface area (Å²) in [4.78, 5) is 0. The van der Waals surface area contributed by atoms with Gasteiger partial charge in [0.2, 0.25) is 0 Å². The zero-order chi connectivity index (χ0) is 15.0. The Bertz CT molecular complexity index is 553. The van der Waals surface area contributed by atoms with Crippen LogP contribution >= 0.6 is 11.3 Å². The van der Waals surface area contributed by atoms with Crippen molar-refractivity contribution in [2.75, 3.05) is 0 Å². The monoisotopic (exact) mass is 312 g/mol. The van der Waals surface area contributed by atoms with E-state index in [-0.39, 0.29) is 11.1 Å². The molecule has 8 heteroatoms. The van der Waals surface area contributed by atoms with Gasteiger partial charge in [-0.05, 0) is 35.7 Å². The predicted molar refractivity (Wildman–Crippen MR) is 60.8 cm³/mol. The van der Waals surface area contributed by atoms with Crippen LogP contribution in [0.2, 0.25) is 0 Å². The number of thiophene rings is 1. The van der Waals surface area contributed by atoms with E-state index in [9.17, 15) is 26.3 Å². The average molecular weight is 312 g/mol. The molecule has 20 heavy (non-hydrogen) atoms. The molecule has 0 unspecified atom stereocenters. The minimum Gasteiger partial charge on any atom is -0.447 e. The highest BCUT2D eigenvalue weighted by molar-refractivity contribution is 7.11. The summed E-state index contributed by atoms with van der Waals surface area (Å²) in [5.74, 6) is -0.505. The van der Waals surface area contributed by atoms with Gasteiger partial charge in [-0.3, -0.25) is 0 Å². The van der Waals surface area contributed by atoms with E-state index in [2.05, 4.69) is 0 Å². The van der Waals surface area contributed by atoms with Crippen LogP contribution in [0.1, 0.15) is 11.1 Å². The lowest BCUT2D eigenvalue weighted by atomic mass is 10.1. The molecule has 2 rings (SSSR count). The van der Waals surface area contributed by atoms with Gasteiger partial charge in [-0.15, -0.1) is 11.3 Å². The van der Waals surface area contributed by atoms with Crippen molar-refractivity contribution >= 4 is 11.3 Å². The first-order chi connectivity index (χ1) is 9.16. The Kier molecular flexibility index (Phi) is 3.68. The fourth-order valence-corrected chi connectivity index (χ4v) is 2.02. The van der Waals surface area contributed by atoms with Crippen molar-refractivity contribution in [1.29, 1.82) is 0 Å². The minimum absolute atomic E-state index is 0.0568. The van der Waals surface area contributed by atoms with Crippen LogP contribution in [0.4, 0.5) is 26.3 Å². The largest absolute Gasteiger partial charge is 0.447 e. The van der Waals surface area contributed by atoms with Gasteiger partial charge in [-0.2, -0.15) is 26.3 Å². The van der Waals surface area contributed by atoms with Gasteiger partial charge in [0.15, 0.2) is 5.06 Å². The predicted octanol–water partition coefficient (Wildman–Crippen LogP) is 5.58. The molecule has 0 atom stereocenters. The SMILES string of the molecule is FC(F)(F)c1cc(Oc2cccs2)cc(C(F)(F)F)c1. The van der Waals surface area contributed by atoms with Crippen LogP contribution in [-0.2, 0) is 12.4 Å². The topological polar surface area (TPSA) is 9.23 Å². The summed E-state index contributed by atoms with van der Waals surface area (Å²) < 4.78 is 80.6. The van der Waals surface area contributed by atoms with E-state index in [1.54, 1.807) is 11.4 Å². The van der Waals surface area contributed by atoms with Crippen molar-refractivity contribution < 1.29 is 31.1 Å². The zero-order valence-electron chi connectivity index (χ0n) is 9.55. The third-order valence-electron chi connectivity index (χ3n) is 2.27. The fourth-order valence-electron chi connectivity index (χ4n) is 1.42. The number of hydrogen-bond donors (Lipinski definition) is 0. The zero-order valence-corrected chi connectivity index (χ0v) is 10.4. The Morgan fingerprint density at radius 3 is 1.80 bits per heavy atom. The van der Waals surface area contributed by atoms with Gasteiger partial charge < -0.3 is 4.74 Å². The molecule has 0 saturated heterocycles. The standard InChI is InChI=1S/C12H6F6OS/c13-11(14,15)7-4-8(12(16,17)18)6-9(5-7)19-10-2-1-3-20-10/h1-6H. The molecule has 1 heterocycles. The quantitative estimate of drug-likeness (QED) is 0.658. The van der Waals surface area contributed by atoms with E-state index < -0.39 is 29.2 Å². The van der Waals surface area contributed by atoms with Crippen molar-refractivity contribution in [1.82, 2.24) is 0 Å². The Morgan fingerprint density at radius 1 is 0.850 bits per heavy atom. The Hall–Kier alpha value is -1.70. The Morgan fingerprint density at radius 2 is 1.40 bits per heavy atom. The first-order valence-electron chi connectivity index (χ1n) is 5.17. The minimum atomic E-state index is -4.88. The molecule has 0 aliphatic heterocycles. The van der Waals surface area contributed by atoms with Gasteiger partial charge >= 0.3 is 12.4 Å². The van der Waals surface area contributed by atoms with Crippen molar-refractivity contribution in [3.63, 3.8) is 0 Å². The first kappa shape index (κ1) is 14.7. The molecule has 1 aromatic heterocycles. The van der Waals surface area contributed by atoms with Crippen LogP contribution in [0.3, 0.4) is 0 Å². The molecule has 0 spiro atoms. The van der Waals surface area contributed by atoms with Crippen molar-refractivity contribution in [2.24, 2.45) is 0 Å². The second-order valence-electron chi connectivity index (χ2n) is 3.78. The van der Waals surface area contributed by atoms with Crippen LogP contribution in [0.5, 0.6) is 10.8 Å². The van der Waals surface area contributed by atoms with E-state index in [0.29, 0.717) is 12.1 Å². The fraction of sp³-hybridized carbons (Fsp3) is 0.167. The van der Waals surface area contributed by atoms with Gasteiger partial charge in [0.1, 0.15) is 5.75 Å². The average Bonchev–Trinajstić information content (AvgIpc) is 2.79. The van der Waals surface area contributed by atoms with Gasteiger partial charge in [-0.1, -0.05) is 0 Å². The number of halogens is 6. The number of ether oxygens (including phenoxy) is 1. The van der Waals surface area contributed by atoms with Gasteiger partial charge in [0.05, 0.1) is 11.1 Å². The third kappa shape index (κ3) is 3.44. The normalized spacial score (nSPS) is 12.5. The van der Waals surface area contributed by atoms with Crippen molar-refractivity contribution in [2.45, 2.75) is 12.4 Å². The molecule has 2 aromatic rings. The maximum atomic E-state index is 12.6. The van der Waals surface area contributed by atoms with E-state index in [1.807, 2.05) is 0 Å². The smallest absolute Gasteiger partial charge is 0.416 e. The summed E-state index contributed by atoms with van der Waals surface area (Å²) in [6.45, 7) is 0. The molecule has 0 saturated carbocycles. The second kappa shape index (κ2) is 5.01. The molecule has 0 bridgehead atoms. The highest BCUT2D eigenvalue weighted by Gasteiger charge is 2.37. The van der Waals surface area contributed by atoms with E-state index in [0.717, 1.165) is 11.3 Å². The van der Waals surface area contributed by atoms with Crippen molar-refractivity contribution in [3.8, 4) is 10.8 Å². The molecule has 1 nitrogen and oxygen atoms in total. The third-order valence-corrected chi connectivity index (χ3v) is 3.02. The molecule has 0 fully saturated rings. The summed E-state index contributed by atoms with van der Waals surface area (Å²) in [6.07, 6.45) is -9.76. The van der Waals surface area contributed by atoms with E-state index >= 15 is 0 Å². The molecule has 0 radical (unpaired) electrons. The van der Waals surface area contributed by atoms with E-state index in [4.69, 9.17) is 4.74 Å². The van der Waals surface area contributed by atoms with Gasteiger partial charge in [0, 0.05) is 0 Å². The lowest BCUT2D eigenvalue weighted by Gasteiger charge is -2.14. The molecule has 0 aliphatic carbocycles. The highest BCUT2D eigenvalue weighted by Crippen LogP contribution is 2.39. The summed E-state index contributed by atoms with van der Waals surface area (Å²) in [5, 5.41) is 1.80. The summed E-state index contributed by atoms with van der Waals surface area (Å²) >= 11 is 1.06. The van der Waals surface area contributed by atoms with Gasteiger partial charge in [-0.25, -0.2) is 0 Å². The maximum absolute atomic E-state index is 12.6.